The van der Waals surface area contributed by atoms with Crippen molar-refractivity contribution in [1.29, 1.82) is 0 Å². The Kier molecular flexibility index (Phi) is 7.37. The van der Waals surface area contributed by atoms with Gasteiger partial charge in [0.1, 0.15) is 18.2 Å². The van der Waals surface area contributed by atoms with Crippen molar-refractivity contribution in [2.75, 3.05) is 11.9 Å². The number of ether oxygens (including phenoxy) is 1. The molecule has 1 heterocycles. The van der Waals surface area contributed by atoms with Crippen LogP contribution in [-0.4, -0.2) is 39.0 Å². The van der Waals surface area contributed by atoms with Gasteiger partial charge in [0.15, 0.2) is 0 Å². The topological polar surface area (TPSA) is 76.5 Å². The van der Waals surface area contributed by atoms with E-state index in [1.807, 2.05) is 17.8 Å². The summed E-state index contributed by atoms with van der Waals surface area (Å²) in [6, 6.07) is 12.9. The highest BCUT2D eigenvalue weighted by Gasteiger charge is 2.41. The maximum Gasteiger partial charge on any atom is 0.471 e. The molecule has 0 bridgehead atoms. The predicted octanol–water partition coefficient (Wildman–Crippen LogP) is 4.16. The minimum atomic E-state index is -4.94. The van der Waals surface area contributed by atoms with Crippen molar-refractivity contribution in [2.24, 2.45) is 7.05 Å². The second kappa shape index (κ2) is 10.2. The van der Waals surface area contributed by atoms with Crippen LogP contribution in [0.1, 0.15) is 28.7 Å². The molecule has 3 rings (SSSR count). The van der Waals surface area contributed by atoms with E-state index in [9.17, 15) is 22.8 Å². The van der Waals surface area contributed by atoms with E-state index in [0.717, 1.165) is 5.82 Å². The first-order valence-electron chi connectivity index (χ1n) is 10.1. The van der Waals surface area contributed by atoms with Crippen molar-refractivity contribution >= 4 is 17.5 Å². The van der Waals surface area contributed by atoms with Gasteiger partial charge in [0, 0.05) is 43.8 Å². The molecule has 174 valence electrons. The fraction of sp³-hybridized carbons (Fsp3) is 0.261. The van der Waals surface area contributed by atoms with E-state index in [0.29, 0.717) is 27.5 Å². The first-order chi connectivity index (χ1) is 15.7. The van der Waals surface area contributed by atoms with Crippen LogP contribution in [0.5, 0.6) is 5.75 Å². The molecule has 10 heteroatoms. The molecule has 2 amide bonds. The highest BCUT2D eigenvalue weighted by molar-refractivity contribution is 6.04. The van der Waals surface area contributed by atoms with Crippen LogP contribution in [0.3, 0.4) is 0 Å². The summed E-state index contributed by atoms with van der Waals surface area (Å²) in [6.07, 6.45) is -1.45. The number of aryl methyl sites for hydroxylation is 1. The zero-order chi connectivity index (χ0) is 24.0. The molecule has 33 heavy (non-hydrogen) atoms. The van der Waals surface area contributed by atoms with E-state index in [-0.39, 0.29) is 25.6 Å². The highest BCUT2D eigenvalue weighted by atomic mass is 19.4. The van der Waals surface area contributed by atoms with Crippen LogP contribution >= 0.6 is 0 Å². The molecule has 2 aromatic carbocycles. The molecule has 1 N–H and O–H groups in total. The number of hydrogen-bond donors (Lipinski definition) is 1. The first-order valence-corrected chi connectivity index (χ1v) is 10.1. The van der Waals surface area contributed by atoms with Crippen molar-refractivity contribution in [3.05, 3.63) is 77.9 Å². The molecule has 3 aromatic rings. The summed E-state index contributed by atoms with van der Waals surface area (Å²) in [5.41, 5.74) is 1.25. The molecule has 0 spiro atoms. The summed E-state index contributed by atoms with van der Waals surface area (Å²) in [6.45, 7) is 1.44. The number of aromatic nitrogens is 2. The number of anilines is 1. The molecule has 0 unspecified atom stereocenters. The van der Waals surface area contributed by atoms with E-state index in [2.05, 4.69) is 10.3 Å². The summed E-state index contributed by atoms with van der Waals surface area (Å²) in [5, 5.41) is 2.71. The standard InChI is InChI=1S/C23H23F3N4O3/c1-3-30(22(32)23(24,25)26)14-16-5-4-6-18(13-16)28-21(31)17-7-9-19(10-8-17)33-15-20-27-11-12-29(20)2/h4-13H,3,14-15H2,1-2H3,(H,28,31). The zero-order valence-electron chi connectivity index (χ0n) is 18.1. The van der Waals surface area contributed by atoms with Crippen LogP contribution in [0.4, 0.5) is 18.9 Å². The average molecular weight is 460 g/mol. The monoisotopic (exact) mass is 460 g/mol. The summed E-state index contributed by atoms with van der Waals surface area (Å²) in [5.74, 6) is -0.952. The predicted molar refractivity (Wildman–Crippen MR) is 116 cm³/mol. The number of carbonyl (C=O) groups is 2. The van der Waals surface area contributed by atoms with E-state index in [1.54, 1.807) is 48.7 Å². The maximum atomic E-state index is 12.7. The smallest absolute Gasteiger partial charge is 0.471 e. The molecule has 0 aliphatic rings. The maximum absolute atomic E-state index is 12.7. The van der Waals surface area contributed by atoms with Gasteiger partial charge in [-0.1, -0.05) is 12.1 Å². The van der Waals surface area contributed by atoms with E-state index < -0.39 is 12.1 Å². The molecule has 0 radical (unpaired) electrons. The number of amides is 2. The lowest BCUT2D eigenvalue weighted by atomic mass is 10.1. The lowest BCUT2D eigenvalue weighted by molar-refractivity contribution is -0.185. The fourth-order valence-corrected chi connectivity index (χ4v) is 3.06. The highest BCUT2D eigenvalue weighted by Crippen LogP contribution is 2.21. The molecule has 0 saturated carbocycles. The molecule has 0 fully saturated rings. The van der Waals surface area contributed by atoms with Crippen molar-refractivity contribution < 1.29 is 27.5 Å². The third kappa shape index (κ3) is 6.34. The number of carbonyl (C=O) groups excluding carboxylic acids is 2. The average Bonchev–Trinajstić information content (AvgIpc) is 3.20. The summed E-state index contributed by atoms with van der Waals surface area (Å²) >= 11 is 0. The molecule has 0 aliphatic carbocycles. The van der Waals surface area contributed by atoms with Gasteiger partial charge in [0.25, 0.3) is 5.91 Å². The quantitative estimate of drug-likeness (QED) is 0.548. The zero-order valence-corrected chi connectivity index (χ0v) is 18.1. The number of imidazole rings is 1. The van der Waals surface area contributed by atoms with Crippen LogP contribution in [0, 0.1) is 0 Å². The van der Waals surface area contributed by atoms with Gasteiger partial charge >= 0.3 is 12.1 Å². The number of halogens is 3. The van der Waals surface area contributed by atoms with Crippen LogP contribution in [0.25, 0.3) is 0 Å². The fourth-order valence-electron chi connectivity index (χ4n) is 3.06. The van der Waals surface area contributed by atoms with Gasteiger partial charge in [-0.25, -0.2) is 4.98 Å². The van der Waals surface area contributed by atoms with E-state index in [4.69, 9.17) is 4.74 Å². The Balaban J connectivity index is 1.61. The Morgan fingerprint density at radius 3 is 2.48 bits per heavy atom. The Hall–Kier alpha value is -3.82. The van der Waals surface area contributed by atoms with Crippen molar-refractivity contribution in [1.82, 2.24) is 14.5 Å². The number of benzene rings is 2. The van der Waals surface area contributed by atoms with Crippen LogP contribution in [0.2, 0.25) is 0 Å². The van der Waals surface area contributed by atoms with Crippen LogP contribution < -0.4 is 10.1 Å². The van der Waals surface area contributed by atoms with Gasteiger partial charge in [0.2, 0.25) is 0 Å². The first kappa shape index (κ1) is 23.8. The van der Waals surface area contributed by atoms with Gasteiger partial charge in [0.05, 0.1) is 0 Å². The van der Waals surface area contributed by atoms with Gasteiger partial charge in [-0.2, -0.15) is 13.2 Å². The molecule has 0 aliphatic heterocycles. The number of nitrogens with one attached hydrogen (secondary N) is 1. The Morgan fingerprint density at radius 2 is 1.88 bits per heavy atom. The number of nitrogens with zero attached hydrogens (tertiary/aromatic N) is 3. The lowest BCUT2D eigenvalue weighted by Gasteiger charge is -2.22. The van der Waals surface area contributed by atoms with E-state index in [1.165, 1.54) is 13.0 Å². The molecule has 1 aromatic heterocycles. The van der Waals surface area contributed by atoms with Gasteiger partial charge in [-0.3, -0.25) is 9.59 Å². The van der Waals surface area contributed by atoms with Crippen molar-refractivity contribution in [2.45, 2.75) is 26.3 Å². The Bertz CT molecular complexity index is 1110. The number of alkyl halides is 3. The van der Waals surface area contributed by atoms with E-state index >= 15 is 0 Å². The van der Waals surface area contributed by atoms with Gasteiger partial charge < -0.3 is 19.5 Å². The van der Waals surface area contributed by atoms with Gasteiger partial charge in [-0.15, -0.1) is 0 Å². The minimum Gasteiger partial charge on any atom is -0.486 e. The normalized spacial score (nSPS) is 11.2. The van der Waals surface area contributed by atoms with Crippen LogP contribution in [0.15, 0.2) is 60.9 Å². The minimum absolute atomic E-state index is 0.0938. The van der Waals surface area contributed by atoms with Gasteiger partial charge in [-0.05, 0) is 48.9 Å². The summed E-state index contributed by atoms with van der Waals surface area (Å²) < 4.78 is 45.7. The van der Waals surface area contributed by atoms with Crippen molar-refractivity contribution in [3.63, 3.8) is 0 Å². The molecule has 7 nitrogen and oxygen atoms in total. The summed E-state index contributed by atoms with van der Waals surface area (Å²) in [7, 11) is 1.86. The summed E-state index contributed by atoms with van der Waals surface area (Å²) in [4.78, 5) is 29.0. The lowest BCUT2D eigenvalue weighted by Crippen LogP contribution is -2.40. The molecular weight excluding hydrogens is 437 g/mol. The SMILES string of the molecule is CCN(Cc1cccc(NC(=O)c2ccc(OCc3nccn3C)cc2)c1)C(=O)C(F)(F)F. The Morgan fingerprint density at radius 1 is 1.15 bits per heavy atom. The molecular formula is C23H23F3N4O3. The number of rotatable bonds is 8. The largest absolute Gasteiger partial charge is 0.486 e. The molecule has 0 atom stereocenters. The Labute approximate surface area is 188 Å². The third-order valence-corrected chi connectivity index (χ3v) is 4.88. The number of hydrogen-bond acceptors (Lipinski definition) is 4. The van der Waals surface area contributed by atoms with Crippen LogP contribution in [-0.2, 0) is 25.0 Å². The third-order valence-electron chi connectivity index (χ3n) is 4.88. The molecule has 0 saturated heterocycles. The second-order valence-corrected chi connectivity index (χ2v) is 7.24. The van der Waals surface area contributed by atoms with Crippen molar-refractivity contribution in [3.8, 4) is 5.75 Å². The second-order valence-electron chi connectivity index (χ2n) is 7.24.